The number of aromatic carboxylic acids is 1. The fraction of sp³-hybridized carbons (Fsp3) is 0.235. The zero-order valence-electron chi connectivity index (χ0n) is 12.9. The number of nitrogens with one attached hydrogen (secondary N) is 1. The van der Waals surface area contributed by atoms with Crippen LogP contribution in [0.4, 0.5) is 0 Å². The topological polar surface area (TPSA) is 79.3 Å². The zero-order valence-corrected chi connectivity index (χ0v) is 13.8. The second kappa shape index (κ2) is 7.69. The molecule has 6 heteroatoms. The fourth-order valence-electron chi connectivity index (χ4n) is 2.00. The van der Waals surface area contributed by atoms with Gasteiger partial charge in [0.15, 0.2) is 0 Å². The standard InChI is InChI=1S/C17H18N2O3S/c1-3-14(16-18-10-11(2)23-16)19-15(20)9-6-12-4-7-13(8-5-12)17(21)22/h4-10,14H,3H2,1-2H3,(H,19,20)(H,21,22). The Morgan fingerprint density at radius 2 is 2.04 bits per heavy atom. The van der Waals surface area contributed by atoms with Crippen LogP contribution in [0.2, 0.25) is 0 Å². The van der Waals surface area contributed by atoms with Crippen LogP contribution in [0.5, 0.6) is 0 Å². The summed E-state index contributed by atoms with van der Waals surface area (Å²) in [5, 5.41) is 12.7. The SMILES string of the molecule is CCC(NC(=O)C=Cc1ccc(C(=O)O)cc1)c1ncc(C)s1. The van der Waals surface area contributed by atoms with Crippen molar-refractivity contribution in [3.05, 3.63) is 57.6 Å². The predicted molar refractivity (Wildman–Crippen MR) is 90.5 cm³/mol. The van der Waals surface area contributed by atoms with Crippen LogP contribution in [0.25, 0.3) is 6.08 Å². The lowest BCUT2D eigenvalue weighted by molar-refractivity contribution is -0.117. The first-order valence-corrected chi connectivity index (χ1v) is 8.05. The molecule has 0 aliphatic carbocycles. The number of amides is 1. The molecule has 0 fully saturated rings. The number of carbonyl (C=O) groups excluding carboxylic acids is 1. The van der Waals surface area contributed by atoms with E-state index in [2.05, 4.69) is 10.3 Å². The van der Waals surface area contributed by atoms with Gasteiger partial charge in [0.05, 0.1) is 11.6 Å². The van der Waals surface area contributed by atoms with Gasteiger partial charge in [-0.05, 0) is 37.1 Å². The third-order valence-electron chi connectivity index (χ3n) is 3.25. The average Bonchev–Trinajstić information content (AvgIpc) is 2.97. The highest BCUT2D eigenvalue weighted by Gasteiger charge is 2.14. The van der Waals surface area contributed by atoms with Crippen molar-refractivity contribution in [3.63, 3.8) is 0 Å². The summed E-state index contributed by atoms with van der Waals surface area (Å²) >= 11 is 1.58. The summed E-state index contributed by atoms with van der Waals surface area (Å²) in [6.07, 6.45) is 5.66. The maximum absolute atomic E-state index is 12.0. The molecule has 0 bridgehead atoms. The van der Waals surface area contributed by atoms with Gasteiger partial charge >= 0.3 is 5.97 Å². The molecule has 1 unspecified atom stereocenters. The van der Waals surface area contributed by atoms with Gasteiger partial charge in [-0.15, -0.1) is 11.3 Å². The Morgan fingerprint density at radius 1 is 1.35 bits per heavy atom. The van der Waals surface area contributed by atoms with Crippen LogP contribution >= 0.6 is 11.3 Å². The monoisotopic (exact) mass is 330 g/mol. The molecule has 1 heterocycles. The van der Waals surface area contributed by atoms with Gasteiger partial charge in [0.25, 0.3) is 0 Å². The van der Waals surface area contributed by atoms with Crippen molar-refractivity contribution in [2.45, 2.75) is 26.3 Å². The number of hydrogen-bond acceptors (Lipinski definition) is 4. The fourth-order valence-corrected chi connectivity index (χ4v) is 2.91. The minimum atomic E-state index is -0.970. The number of rotatable bonds is 6. The molecule has 0 spiro atoms. The van der Waals surface area contributed by atoms with E-state index in [0.29, 0.717) is 0 Å². The van der Waals surface area contributed by atoms with Crippen molar-refractivity contribution >= 4 is 29.3 Å². The van der Waals surface area contributed by atoms with Crippen molar-refractivity contribution in [1.82, 2.24) is 10.3 Å². The lowest BCUT2D eigenvalue weighted by Crippen LogP contribution is -2.26. The molecular weight excluding hydrogens is 312 g/mol. The van der Waals surface area contributed by atoms with Crippen LogP contribution < -0.4 is 5.32 Å². The van der Waals surface area contributed by atoms with Gasteiger partial charge in [-0.1, -0.05) is 19.1 Å². The third kappa shape index (κ3) is 4.75. The molecule has 0 radical (unpaired) electrons. The molecule has 1 aromatic carbocycles. The van der Waals surface area contributed by atoms with E-state index >= 15 is 0 Å². The van der Waals surface area contributed by atoms with Crippen LogP contribution in [0, 0.1) is 6.92 Å². The van der Waals surface area contributed by atoms with E-state index in [1.165, 1.54) is 18.2 Å². The second-order valence-electron chi connectivity index (χ2n) is 5.04. The number of nitrogens with zero attached hydrogens (tertiary/aromatic N) is 1. The molecule has 2 N–H and O–H groups in total. The van der Waals surface area contributed by atoms with E-state index in [-0.39, 0.29) is 17.5 Å². The Bertz CT molecular complexity index is 720. The van der Waals surface area contributed by atoms with Crippen LogP contribution in [0.1, 0.15) is 45.2 Å². The molecular formula is C17H18N2O3S. The van der Waals surface area contributed by atoms with Crippen LogP contribution in [-0.2, 0) is 4.79 Å². The summed E-state index contributed by atoms with van der Waals surface area (Å²) in [5.41, 5.74) is 0.986. The van der Waals surface area contributed by atoms with Gasteiger partial charge in [0, 0.05) is 17.2 Å². The molecule has 5 nitrogen and oxygen atoms in total. The van der Waals surface area contributed by atoms with Crippen LogP contribution in [-0.4, -0.2) is 22.0 Å². The summed E-state index contributed by atoms with van der Waals surface area (Å²) in [6.45, 7) is 3.98. The smallest absolute Gasteiger partial charge is 0.335 e. The van der Waals surface area contributed by atoms with Gasteiger partial charge in [-0.2, -0.15) is 0 Å². The number of benzene rings is 1. The van der Waals surface area contributed by atoms with Gasteiger partial charge < -0.3 is 10.4 Å². The lowest BCUT2D eigenvalue weighted by atomic mass is 10.1. The summed E-state index contributed by atoms with van der Waals surface area (Å²) in [4.78, 5) is 28.2. The van der Waals surface area contributed by atoms with E-state index in [9.17, 15) is 9.59 Å². The van der Waals surface area contributed by atoms with Gasteiger partial charge in [-0.3, -0.25) is 4.79 Å². The molecule has 120 valence electrons. The Kier molecular flexibility index (Phi) is 5.65. The number of carbonyl (C=O) groups is 2. The Balaban J connectivity index is 1.98. The van der Waals surface area contributed by atoms with E-state index < -0.39 is 5.97 Å². The minimum absolute atomic E-state index is 0.0970. The number of aryl methyl sites for hydroxylation is 1. The Labute approximate surface area is 138 Å². The first-order chi connectivity index (χ1) is 11.0. The van der Waals surface area contributed by atoms with Crippen LogP contribution in [0.15, 0.2) is 36.5 Å². The largest absolute Gasteiger partial charge is 0.478 e. The van der Waals surface area contributed by atoms with Crippen molar-refractivity contribution in [1.29, 1.82) is 0 Å². The summed E-state index contributed by atoms with van der Waals surface area (Å²) in [5.74, 6) is -1.17. The normalized spacial score (nSPS) is 12.3. The van der Waals surface area contributed by atoms with Crippen molar-refractivity contribution < 1.29 is 14.7 Å². The van der Waals surface area contributed by atoms with Gasteiger partial charge in [0.2, 0.25) is 5.91 Å². The van der Waals surface area contributed by atoms with Gasteiger partial charge in [-0.25, -0.2) is 9.78 Å². The number of carboxylic acid groups (broad SMARTS) is 1. The molecule has 1 atom stereocenters. The molecule has 2 rings (SSSR count). The van der Waals surface area contributed by atoms with Crippen molar-refractivity contribution in [3.8, 4) is 0 Å². The second-order valence-corrected chi connectivity index (χ2v) is 6.31. The molecule has 1 amide bonds. The number of carboxylic acids is 1. The molecule has 23 heavy (non-hydrogen) atoms. The predicted octanol–water partition coefficient (Wildman–Crippen LogP) is 3.43. The zero-order chi connectivity index (χ0) is 16.8. The molecule has 0 saturated heterocycles. The van der Waals surface area contributed by atoms with E-state index in [0.717, 1.165) is 21.9 Å². The lowest BCUT2D eigenvalue weighted by Gasteiger charge is -2.12. The molecule has 0 aliphatic rings. The van der Waals surface area contributed by atoms with E-state index in [4.69, 9.17) is 5.11 Å². The first-order valence-electron chi connectivity index (χ1n) is 7.24. The third-order valence-corrected chi connectivity index (χ3v) is 4.27. The highest BCUT2D eigenvalue weighted by molar-refractivity contribution is 7.11. The van der Waals surface area contributed by atoms with Crippen molar-refractivity contribution in [2.24, 2.45) is 0 Å². The highest BCUT2D eigenvalue weighted by Crippen LogP contribution is 2.21. The van der Waals surface area contributed by atoms with E-state index in [1.54, 1.807) is 35.7 Å². The quantitative estimate of drug-likeness (QED) is 0.795. The summed E-state index contributed by atoms with van der Waals surface area (Å²) < 4.78 is 0. The van der Waals surface area contributed by atoms with Crippen LogP contribution in [0.3, 0.4) is 0 Å². The van der Waals surface area contributed by atoms with Crippen molar-refractivity contribution in [2.75, 3.05) is 0 Å². The maximum Gasteiger partial charge on any atom is 0.335 e. The number of thiazole rings is 1. The average molecular weight is 330 g/mol. The maximum atomic E-state index is 12.0. The molecule has 0 saturated carbocycles. The molecule has 1 aromatic heterocycles. The van der Waals surface area contributed by atoms with E-state index in [1.807, 2.05) is 13.8 Å². The summed E-state index contributed by atoms with van der Waals surface area (Å²) in [6, 6.07) is 6.24. The number of aromatic nitrogens is 1. The first kappa shape index (κ1) is 16.9. The highest BCUT2D eigenvalue weighted by atomic mass is 32.1. The Morgan fingerprint density at radius 3 is 2.57 bits per heavy atom. The Hall–Kier alpha value is -2.47. The number of hydrogen-bond donors (Lipinski definition) is 2. The molecule has 2 aromatic rings. The minimum Gasteiger partial charge on any atom is -0.478 e. The molecule has 0 aliphatic heterocycles. The van der Waals surface area contributed by atoms with Gasteiger partial charge in [0.1, 0.15) is 5.01 Å². The summed E-state index contributed by atoms with van der Waals surface area (Å²) in [7, 11) is 0.